The van der Waals surface area contributed by atoms with Gasteiger partial charge in [-0.1, -0.05) is 18.2 Å². The molecule has 2 heterocycles. The number of aliphatic hydroxyl groups excluding tert-OH is 1. The number of aliphatic carboxylic acids is 1. The van der Waals surface area contributed by atoms with Crippen molar-refractivity contribution in [3.63, 3.8) is 0 Å². The number of hydrogen-bond acceptors (Lipinski definition) is 5. The quantitative estimate of drug-likeness (QED) is 0.780. The van der Waals surface area contributed by atoms with Crippen LogP contribution in [0.2, 0.25) is 0 Å². The van der Waals surface area contributed by atoms with Gasteiger partial charge in [0.05, 0.1) is 23.9 Å². The van der Waals surface area contributed by atoms with Crippen LogP contribution in [0.25, 0.3) is 0 Å². The smallest absolute Gasteiger partial charge is 0.325 e. The largest absolute Gasteiger partial charge is 0.491 e. The number of ether oxygens (including phenoxy) is 1. The topological polar surface area (TPSA) is 87.1 Å². The summed E-state index contributed by atoms with van der Waals surface area (Å²) >= 11 is 1.20. The number of thioether (sulfide) groups is 1. The zero-order chi connectivity index (χ0) is 15.9. The molecule has 0 aromatic heterocycles. The van der Waals surface area contributed by atoms with Crippen LogP contribution in [0, 0.1) is 5.92 Å². The maximum atomic E-state index is 12.0. The Morgan fingerprint density at radius 1 is 1.50 bits per heavy atom. The van der Waals surface area contributed by atoms with Crippen LogP contribution >= 0.6 is 11.8 Å². The second kappa shape index (κ2) is 5.48. The molecular formula is C15H17NO5S. The second-order valence-electron chi connectivity index (χ2n) is 5.64. The third kappa shape index (κ3) is 2.34. The Morgan fingerprint density at radius 3 is 2.77 bits per heavy atom. The van der Waals surface area contributed by atoms with Gasteiger partial charge in [-0.15, -0.1) is 11.8 Å². The molecule has 6 nitrogen and oxygen atoms in total. The van der Waals surface area contributed by atoms with Crippen molar-refractivity contribution in [1.82, 2.24) is 4.90 Å². The SMILES string of the molecule is C[C@@H](O)[C@H]1C(=O)N2CC(COc3ccccc3)(C(=O)O)S[C@H]12. The van der Waals surface area contributed by atoms with E-state index in [1.807, 2.05) is 18.2 Å². The van der Waals surface area contributed by atoms with Gasteiger partial charge < -0.3 is 19.8 Å². The number of carbonyl (C=O) groups is 2. The Hall–Kier alpha value is -1.73. The van der Waals surface area contributed by atoms with Gasteiger partial charge >= 0.3 is 5.97 Å². The van der Waals surface area contributed by atoms with Crippen LogP contribution in [0.5, 0.6) is 5.75 Å². The summed E-state index contributed by atoms with van der Waals surface area (Å²) in [4.78, 5) is 25.3. The van der Waals surface area contributed by atoms with Gasteiger partial charge in [0.2, 0.25) is 5.91 Å². The van der Waals surface area contributed by atoms with Crippen molar-refractivity contribution in [1.29, 1.82) is 0 Å². The molecular weight excluding hydrogens is 306 g/mol. The lowest BCUT2D eigenvalue weighted by atomic mass is 9.92. The van der Waals surface area contributed by atoms with Gasteiger partial charge in [0, 0.05) is 0 Å². The van der Waals surface area contributed by atoms with E-state index >= 15 is 0 Å². The number of benzene rings is 1. The monoisotopic (exact) mass is 323 g/mol. The van der Waals surface area contributed by atoms with Crippen LogP contribution in [-0.4, -0.2) is 56.4 Å². The average Bonchev–Trinajstić information content (AvgIpc) is 2.82. The zero-order valence-electron chi connectivity index (χ0n) is 12.0. The highest BCUT2D eigenvalue weighted by atomic mass is 32.2. The fraction of sp³-hybridized carbons (Fsp3) is 0.467. The fourth-order valence-corrected chi connectivity index (χ4v) is 4.52. The predicted molar refractivity (Wildman–Crippen MR) is 80.6 cm³/mol. The lowest BCUT2D eigenvalue weighted by Crippen LogP contribution is -2.60. The molecule has 7 heteroatoms. The van der Waals surface area contributed by atoms with Crippen LogP contribution in [-0.2, 0) is 9.59 Å². The van der Waals surface area contributed by atoms with Gasteiger partial charge in [0.15, 0.2) is 4.75 Å². The van der Waals surface area contributed by atoms with Crippen LogP contribution < -0.4 is 4.74 Å². The molecule has 2 fully saturated rings. The van der Waals surface area contributed by atoms with Crippen molar-refractivity contribution < 1.29 is 24.5 Å². The summed E-state index contributed by atoms with van der Waals surface area (Å²) in [6.45, 7) is 1.64. The third-order valence-corrected chi connectivity index (χ3v) is 5.74. The van der Waals surface area contributed by atoms with E-state index in [1.54, 1.807) is 19.1 Å². The minimum atomic E-state index is -1.19. The van der Waals surface area contributed by atoms with Crippen molar-refractivity contribution in [3.8, 4) is 5.75 Å². The van der Waals surface area contributed by atoms with E-state index in [-0.39, 0.29) is 24.4 Å². The number of carboxylic acids is 1. The Kier molecular flexibility index (Phi) is 3.78. The van der Waals surface area contributed by atoms with Gasteiger partial charge in [-0.3, -0.25) is 9.59 Å². The predicted octanol–water partition coefficient (Wildman–Crippen LogP) is 0.801. The van der Waals surface area contributed by atoms with E-state index in [0.717, 1.165) is 0 Å². The van der Waals surface area contributed by atoms with Crippen molar-refractivity contribution >= 4 is 23.6 Å². The molecule has 0 bridgehead atoms. The average molecular weight is 323 g/mol. The summed E-state index contributed by atoms with van der Waals surface area (Å²) < 4.78 is 4.41. The molecule has 0 spiro atoms. The summed E-state index contributed by atoms with van der Waals surface area (Å²) in [5, 5.41) is 19.0. The molecule has 1 unspecified atom stereocenters. The molecule has 2 saturated heterocycles. The molecule has 0 saturated carbocycles. The Bertz CT molecular complexity index is 593. The minimum absolute atomic E-state index is 0.0240. The van der Waals surface area contributed by atoms with Crippen molar-refractivity contribution in [2.75, 3.05) is 13.2 Å². The molecule has 4 atom stereocenters. The number of β-lactam (4-membered cyclic amide) rings is 1. The number of amides is 1. The number of nitrogens with zero attached hydrogens (tertiary/aromatic N) is 1. The van der Waals surface area contributed by atoms with Crippen LogP contribution in [0.1, 0.15) is 6.92 Å². The van der Waals surface area contributed by atoms with Gasteiger partial charge in [0.25, 0.3) is 0 Å². The maximum Gasteiger partial charge on any atom is 0.325 e. The number of hydrogen-bond donors (Lipinski definition) is 2. The summed E-state index contributed by atoms with van der Waals surface area (Å²) in [6.07, 6.45) is -0.777. The van der Waals surface area contributed by atoms with E-state index in [9.17, 15) is 19.8 Å². The minimum Gasteiger partial charge on any atom is -0.491 e. The Balaban J connectivity index is 1.74. The van der Waals surface area contributed by atoms with Gasteiger partial charge in [-0.05, 0) is 19.1 Å². The standard InChI is InChI=1S/C15H17NO5S/c1-9(17)11-12(18)16-7-15(14(19)20,22-13(11)16)8-21-10-5-3-2-4-6-10/h2-6,9,11,13,17H,7-8H2,1H3,(H,19,20)/t9-,11+,13-,15?/m1/s1. The van der Waals surface area contributed by atoms with Gasteiger partial charge in [-0.25, -0.2) is 0 Å². The molecule has 2 N–H and O–H groups in total. The molecule has 0 aliphatic carbocycles. The summed E-state index contributed by atoms with van der Waals surface area (Å²) in [5.41, 5.74) is 0. The molecule has 3 rings (SSSR count). The first kappa shape index (κ1) is 15.2. The number of carbonyl (C=O) groups excluding carboxylic acids is 1. The number of rotatable bonds is 5. The summed E-state index contributed by atoms with van der Waals surface area (Å²) in [7, 11) is 0. The maximum absolute atomic E-state index is 12.0. The lowest BCUT2D eigenvalue weighted by molar-refractivity contribution is -0.156. The molecule has 22 heavy (non-hydrogen) atoms. The fourth-order valence-electron chi connectivity index (χ4n) is 2.82. The van der Waals surface area contributed by atoms with Gasteiger partial charge in [-0.2, -0.15) is 0 Å². The Labute approximate surface area is 132 Å². The summed E-state index contributed by atoms with van der Waals surface area (Å²) in [6, 6.07) is 8.99. The number of carboxylic acid groups (broad SMARTS) is 1. The van der Waals surface area contributed by atoms with Crippen LogP contribution in [0.15, 0.2) is 30.3 Å². The van der Waals surface area contributed by atoms with Crippen molar-refractivity contribution in [2.45, 2.75) is 23.1 Å². The molecule has 118 valence electrons. The van der Waals surface area contributed by atoms with E-state index in [2.05, 4.69) is 0 Å². The van der Waals surface area contributed by atoms with Crippen molar-refractivity contribution in [2.24, 2.45) is 5.92 Å². The van der Waals surface area contributed by atoms with Crippen LogP contribution in [0.3, 0.4) is 0 Å². The molecule has 1 aromatic rings. The van der Waals surface area contributed by atoms with E-state index in [1.165, 1.54) is 16.7 Å². The van der Waals surface area contributed by atoms with Gasteiger partial charge in [0.1, 0.15) is 12.4 Å². The highest BCUT2D eigenvalue weighted by Gasteiger charge is 2.63. The molecule has 1 aromatic carbocycles. The number of para-hydroxylation sites is 1. The van der Waals surface area contributed by atoms with E-state index < -0.39 is 22.7 Å². The number of aliphatic hydroxyl groups is 1. The van der Waals surface area contributed by atoms with Crippen molar-refractivity contribution in [3.05, 3.63) is 30.3 Å². The highest BCUT2D eigenvalue weighted by Crippen LogP contribution is 2.50. The molecule has 2 aliphatic heterocycles. The lowest BCUT2D eigenvalue weighted by Gasteiger charge is -2.42. The number of fused-ring (bicyclic) bond motifs is 1. The first-order chi connectivity index (χ1) is 10.4. The van der Waals surface area contributed by atoms with Crippen LogP contribution in [0.4, 0.5) is 0 Å². The molecule has 1 amide bonds. The molecule has 0 radical (unpaired) electrons. The first-order valence-electron chi connectivity index (χ1n) is 7.02. The van der Waals surface area contributed by atoms with E-state index in [0.29, 0.717) is 5.75 Å². The summed E-state index contributed by atoms with van der Waals surface area (Å²) in [5.74, 6) is -1.12. The third-order valence-electron chi connectivity index (χ3n) is 4.08. The normalized spacial score (nSPS) is 31.4. The first-order valence-corrected chi connectivity index (χ1v) is 7.90. The van der Waals surface area contributed by atoms with E-state index in [4.69, 9.17) is 4.74 Å². The molecule has 2 aliphatic rings. The second-order valence-corrected chi connectivity index (χ2v) is 7.14. The zero-order valence-corrected chi connectivity index (χ0v) is 12.8. The Morgan fingerprint density at radius 2 is 2.18 bits per heavy atom. The highest BCUT2D eigenvalue weighted by molar-refractivity contribution is 8.02.